The standard InChI is InChI=1S/C10H11N3O3/c1-15-6-4-3-5-7(8(6)16-2)9(14)13-10(11)12-5/h3-4H,1-2H3,(H3,11,12,13,14). The Bertz CT molecular complexity index is 592. The highest BCUT2D eigenvalue weighted by atomic mass is 16.5. The zero-order chi connectivity index (χ0) is 11.7. The zero-order valence-electron chi connectivity index (χ0n) is 8.90. The van der Waals surface area contributed by atoms with Crippen molar-refractivity contribution in [1.82, 2.24) is 9.97 Å². The molecular formula is C10H11N3O3. The average molecular weight is 221 g/mol. The summed E-state index contributed by atoms with van der Waals surface area (Å²) >= 11 is 0. The van der Waals surface area contributed by atoms with Crippen LogP contribution in [-0.2, 0) is 0 Å². The van der Waals surface area contributed by atoms with Gasteiger partial charge in [-0.1, -0.05) is 0 Å². The third-order valence-electron chi connectivity index (χ3n) is 2.23. The number of nitrogens with zero attached hydrogens (tertiary/aromatic N) is 1. The summed E-state index contributed by atoms with van der Waals surface area (Å²) in [6, 6.07) is 3.33. The van der Waals surface area contributed by atoms with E-state index in [9.17, 15) is 4.79 Å². The molecule has 0 aliphatic rings. The average Bonchev–Trinajstić information content (AvgIpc) is 2.27. The maximum atomic E-state index is 11.7. The smallest absolute Gasteiger partial charge is 0.264 e. The molecule has 1 aromatic heterocycles. The number of nitrogens with one attached hydrogen (secondary N) is 1. The number of aromatic nitrogens is 2. The maximum Gasteiger partial charge on any atom is 0.264 e. The lowest BCUT2D eigenvalue weighted by Crippen LogP contribution is -2.12. The fourth-order valence-corrected chi connectivity index (χ4v) is 1.57. The van der Waals surface area contributed by atoms with Gasteiger partial charge in [0, 0.05) is 0 Å². The summed E-state index contributed by atoms with van der Waals surface area (Å²) in [6.07, 6.45) is 0. The Balaban J connectivity index is 2.92. The Hall–Kier alpha value is -2.24. The lowest BCUT2D eigenvalue weighted by molar-refractivity contribution is 0.358. The fourth-order valence-electron chi connectivity index (χ4n) is 1.57. The van der Waals surface area contributed by atoms with Crippen LogP contribution in [0.2, 0.25) is 0 Å². The monoisotopic (exact) mass is 221 g/mol. The first kappa shape index (κ1) is 10.3. The van der Waals surface area contributed by atoms with Crippen molar-refractivity contribution in [2.75, 3.05) is 20.0 Å². The molecular weight excluding hydrogens is 210 g/mol. The minimum atomic E-state index is -0.349. The first-order chi connectivity index (χ1) is 7.67. The summed E-state index contributed by atoms with van der Waals surface area (Å²) in [5, 5.41) is 0.330. The number of rotatable bonds is 2. The van der Waals surface area contributed by atoms with Crippen molar-refractivity contribution >= 4 is 16.9 Å². The van der Waals surface area contributed by atoms with Gasteiger partial charge in [-0.25, -0.2) is 4.98 Å². The van der Waals surface area contributed by atoms with Crippen molar-refractivity contribution in [2.24, 2.45) is 0 Å². The molecule has 6 nitrogen and oxygen atoms in total. The van der Waals surface area contributed by atoms with Crippen LogP contribution in [0.25, 0.3) is 10.9 Å². The van der Waals surface area contributed by atoms with Crippen molar-refractivity contribution in [3.63, 3.8) is 0 Å². The SMILES string of the molecule is COc1ccc2nc(N)[nH]c(=O)c2c1OC. The van der Waals surface area contributed by atoms with E-state index in [1.54, 1.807) is 12.1 Å². The zero-order valence-corrected chi connectivity index (χ0v) is 8.90. The van der Waals surface area contributed by atoms with E-state index in [2.05, 4.69) is 9.97 Å². The lowest BCUT2D eigenvalue weighted by Gasteiger charge is -2.09. The van der Waals surface area contributed by atoms with Crippen LogP contribution < -0.4 is 20.8 Å². The van der Waals surface area contributed by atoms with E-state index in [1.807, 2.05) is 0 Å². The minimum absolute atomic E-state index is 0.0738. The summed E-state index contributed by atoms with van der Waals surface area (Å²) in [6.45, 7) is 0. The van der Waals surface area contributed by atoms with Gasteiger partial charge < -0.3 is 15.2 Å². The Morgan fingerprint density at radius 2 is 2.06 bits per heavy atom. The maximum absolute atomic E-state index is 11.7. The van der Waals surface area contributed by atoms with Crippen molar-refractivity contribution in [3.05, 3.63) is 22.5 Å². The number of H-pyrrole nitrogens is 1. The minimum Gasteiger partial charge on any atom is -0.493 e. The van der Waals surface area contributed by atoms with E-state index < -0.39 is 0 Å². The van der Waals surface area contributed by atoms with E-state index in [4.69, 9.17) is 15.2 Å². The molecule has 0 atom stereocenters. The second kappa shape index (κ2) is 3.73. The number of nitrogens with two attached hydrogens (primary N) is 1. The second-order valence-corrected chi connectivity index (χ2v) is 3.15. The highest BCUT2D eigenvalue weighted by molar-refractivity contribution is 5.87. The summed E-state index contributed by atoms with van der Waals surface area (Å²) in [5.74, 6) is 0.908. The van der Waals surface area contributed by atoms with Crippen molar-refractivity contribution in [3.8, 4) is 11.5 Å². The van der Waals surface area contributed by atoms with Crippen LogP contribution in [0.5, 0.6) is 11.5 Å². The number of aromatic amines is 1. The lowest BCUT2D eigenvalue weighted by atomic mass is 10.2. The molecule has 0 radical (unpaired) electrons. The topological polar surface area (TPSA) is 90.2 Å². The van der Waals surface area contributed by atoms with Gasteiger partial charge in [-0.3, -0.25) is 9.78 Å². The molecule has 0 saturated carbocycles. The van der Waals surface area contributed by atoms with E-state index in [0.717, 1.165) is 0 Å². The second-order valence-electron chi connectivity index (χ2n) is 3.15. The Morgan fingerprint density at radius 3 is 2.69 bits per heavy atom. The molecule has 16 heavy (non-hydrogen) atoms. The quantitative estimate of drug-likeness (QED) is 0.771. The van der Waals surface area contributed by atoms with Gasteiger partial charge in [-0.15, -0.1) is 0 Å². The molecule has 0 unspecified atom stereocenters. The number of methoxy groups -OCH3 is 2. The molecule has 1 heterocycles. The highest BCUT2D eigenvalue weighted by Gasteiger charge is 2.13. The van der Waals surface area contributed by atoms with Gasteiger partial charge in [0.1, 0.15) is 5.39 Å². The number of anilines is 1. The van der Waals surface area contributed by atoms with Crippen LogP contribution in [-0.4, -0.2) is 24.2 Å². The summed E-state index contributed by atoms with van der Waals surface area (Å²) < 4.78 is 10.2. The Kier molecular flexibility index (Phi) is 2.40. The first-order valence-corrected chi connectivity index (χ1v) is 4.58. The first-order valence-electron chi connectivity index (χ1n) is 4.58. The molecule has 3 N–H and O–H groups in total. The summed E-state index contributed by atoms with van der Waals surface area (Å²) in [5.41, 5.74) is 5.57. The third-order valence-corrected chi connectivity index (χ3v) is 2.23. The van der Waals surface area contributed by atoms with Crippen LogP contribution in [0.3, 0.4) is 0 Å². The molecule has 0 aliphatic carbocycles. The van der Waals surface area contributed by atoms with Gasteiger partial charge in [0.05, 0.1) is 19.7 Å². The molecule has 0 spiro atoms. The van der Waals surface area contributed by atoms with Crippen LogP contribution in [0.4, 0.5) is 5.95 Å². The van der Waals surface area contributed by atoms with E-state index in [0.29, 0.717) is 22.4 Å². The summed E-state index contributed by atoms with van der Waals surface area (Å²) in [4.78, 5) is 18.2. The number of ether oxygens (including phenoxy) is 2. The van der Waals surface area contributed by atoms with Crippen LogP contribution >= 0.6 is 0 Å². The molecule has 0 bridgehead atoms. The number of nitrogen functional groups attached to an aromatic ring is 1. The van der Waals surface area contributed by atoms with Crippen LogP contribution in [0.1, 0.15) is 0 Å². The highest BCUT2D eigenvalue weighted by Crippen LogP contribution is 2.32. The largest absolute Gasteiger partial charge is 0.493 e. The van der Waals surface area contributed by atoms with Crippen LogP contribution in [0, 0.1) is 0 Å². The molecule has 0 aliphatic heterocycles. The normalized spacial score (nSPS) is 10.4. The molecule has 6 heteroatoms. The fraction of sp³-hybridized carbons (Fsp3) is 0.200. The van der Waals surface area contributed by atoms with Crippen molar-refractivity contribution in [2.45, 2.75) is 0 Å². The number of fused-ring (bicyclic) bond motifs is 1. The van der Waals surface area contributed by atoms with Crippen molar-refractivity contribution in [1.29, 1.82) is 0 Å². The van der Waals surface area contributed by atoms with Gasteiger partial charge in [-0.05, 0) is 12.1 Å². The van der Waals surface area contributed by atoms with Gasteiger partial charge in [0.15, 0.2) is 11.5 Å². The van der Waals surface area contributed by atoms with Gasteiger partial charge in [-0.2, -0.15) is 0 Å². The van der Waals surface area contributed by atoms with Crippen molar-refractivity contribution < 1.29 is 9.47 Å². The molecule has 2 rings (SSSR count). The Morgan fingerprint density at radius 1 is 1.31 bits per heavy atom. The molecule has 0 fully saturated rings. The third kappa shape index (κ3) is 1.44. The predicted octanol–water partition coefficient (Wildman–Crippen LogP) is 0.523. The molecule has 0 saturated heterocycles. The van der Waals surface area contributed by atoms with E-state index in [1.165, 1.54) is 14.2 Å². The molecule has 0 amide bonds. The molecule has 2 aromatic rings. The van der Waals surface area contributed by atoms with E-state index in [-0.39, 0.29) is 11.5 Å². The number of benzene rings is 1. The van der Waals surface area contributed by atoms with Gasteiger partial charge in [0.2, 0.25) is 5.95 Å². The molecule has 1 aromatic carbocycles. The van der Waals surface area contributed by atoms with Gasteiger partial charge >= 0.3 is 0 Å². The van der Waals surface area contributed by atoms with E-state index >= 15 is 0 Å². The summed E-state index contributed by atoms with van der Waals surface area (Å²) in [7, 11) is 2.97. The molecule has 84 valence electrons. The number of hydrogen-bond donors (Lipinski definition) is 2. The number of hydrogen-bond acceptors (Lipinski definition) is 5. The Labute approximate surface area is 91.0 Å². The van der Waals surface area contributed by atoms with Gasteiger partial charge in [0.25, 0.3) is 5.56 Å². The van der Waals surface area contributed by atoms with Crippen LogP contribution in [0.15, 0.2) is 16.9 Å². The predicted molar refractivity (Wildman–Crippen MR) is 59.9 cm³/mol.